The van der Waals surface area contributed by atoms with Gasteiger partial charge in [-0.15, -0.1) is 0 Å². The second-order valence-electron chi connectivity index (χ2n) is 11.7. The summed E-state index contributed by atoms with van der Waals surface area (Å²) in [5, 5.41) is 9.56. The number of aromatic nitrogens is 4. The Morgan fingerprint density at radius 1 is 0.647 bits per heavy atom. The molecule has 0 N–H and O–H groups in total. The van der Waals surface area contributed by atoms with Crippen LogP contribution < -0.4 is 14.4 Å². The summed E-state index contributed by atoms with van der Waals surface area (Å²) in [4.78, 5) is 1.96. The average Bonchev–Trinajstić information content (AvgIpc) is 3.80. The average molecular weight is 707 g/mol. The summed E-state index contributed by atoms with van der Waals surface area (Å²) in [5.74, 6) is -0.527. The minimum atomic E-state index is -3.30. The van der Waals surface area contributed by atoms with Gasteiger partial charge in [0.25, 0.3) is 0 Å². The highest BCUT2D eigenvalue weighted by molar-refractivity contribution is 7.00. The number of hydrogen-bond acceptors (Lipinski definition) is 9. The molecule has 1 radical (unpaired) electrons. The maximum absolute atomic E-state index is 14.7. The van der Waals surface area contributed by atoms with Crippen molar-refractivity contribution < 1.29 is 31.7 Å². The van der Waals surface area contributed by atoms with Gasteiger partial charge in [0.05, 0.1) is 11.7 Å². The Kier molecular flexibility index (Phi) is 8.19. The molecule has 8 nitrogen and oxygen atoms in total. The van der Waals surface area contributed by atoms with Crippen LogP contribution in [-0.4, -0.2) is 46.4 Å². The Morgan fingerprint density at radius 2 is 1.33 bits per heavy atom. The third kappa shape index (κ3) is 5.84. The number of hydrogen-bond donors (Lipinski definition) is 0. The van der Waals surface area contributed by atoms with Crippen LogP contribution in [0.25, 0.3) is 77.3 Å². The lowest BCUT2D eigenvalue weighted by molar-refractivity contribution is -0.0511. The first-order valence-corrected chi connectivity index (χ1v) is 16.3. The molecule has 253 valence electrons. The SMILES string of the molecule is CN(C)c1cccc2c(-c3c(OC(F)F)c(-c4ccccc4OC(F)F)[c]c(-c4ccc5nsnc5c4)c3-c3ccc4nonc4c3)cccc12. The zero-order valence-electron chi connectivity index (χ0n) is 26.8. The Morgan fingerprint density at radius 3 is 2.16 bits per heavy atom. The largest absolute Gasteiger partial charge is 0.434 e. The van der Waals surface area contributed by atoms with E-state index in [2.05, 4.69) is 25.1 Å². The molecule has 0 atom stereocenters. The minimum Gasteiger partial charge on any atom is -0.434 e. The van der Waals surface area contributed by atoms with Gasteiger partial charge in [0.2, 0.25) is 0 Å². The highest BCUT2D eigenvalue weighted by atomic mass is 32.1. The van der Waals surface area contributed by atoms with Crippen LogP contribution in [0.3, 0.4) is 0 Å². The van der Waals surface area contributed by atoms with Crippen molar-refractivity contribution in [2.24, 2.45) is 0 Å². The van der Waals surface area contributed by atoms with Gasteiger partial charge in [-0.2, -0.15) is 26.3 Å². The van der Waals surface area contributed by atoms with E-state index < -0.39 is 13.2 Å². The maximum atomic E-state index is 14.7. The molecule has 0 bridgehead atoms. The standard InChI is InChI=1S/C38H24F4N5O3S/c1-47(2)32-11-6-8-22-23(32)9-5-10-25(22)35-34(21-14-15-28-30(18-21)44-50-43-28)26(20-13-16-29-31(17-20)46-51-45-29)19-27(36(35)49-38(41)42)24-7-3-4-12-33(24)48-37(39)40/h3-18,37-38H,1-2H3. The first-order valence-electron chi connectivity index (χ1n) is 15.5. The number of para-hydroxylation sites is 1. The summed E-state index contributed by atoms with van der Waals surface area (Å²) in [5.41, 5.74) is 6.00. The fourth-order valence-corrected chi connectivity index (χ4v) is 6.93. The van der Waals surface area contributed by atoms with Crippen LogP contribution in [0.1, 0.15) is 0 Å². The quantitative estimate of drug-likeness (QED) is 0.137. The molecule has 2 aromatic heterocycles. The third-order valence-corrected chi connectivity index (χ3v) is 9.08. The number of benzene rings is 6. The van der Waals surface area contributed by atoms with Gasteiger partial charge in [0, 0.05) is 53.5 Å². The predicted molar refractivity (Wildman–Crippen MR) is 188 cm³/mol. The van der Waals surface area contributed by atoms with Crippen molar-refractivity contribution in [3.8, 4) is 56.0 Å². The molecular weight excluding hydrogens is 683 g/mol. The smallest absolute Gasteiger partial charge is 0.387 e. The van der Waals surface area contributed by atoms with E-state index in [1.807, 2.05) is 67.5 Å². The predicted octanol–water partition coefficient (Wildman–Crippen LogP) is 10.1. The molecule has 0 aliphatic carbocycles. The van der Waals surface area contributed by atoms with Crippen LogP contribution in [0.5, 0.6) is 11.5 Å². The molecular formula is C38H24F4N5O3S. The van der Waals surface area contributed by atoms with Gasteiger partial charge in [0.15, 0.2) is 0 Å². The van der Waals surface area contributed by atoms with E-state index in [9.17, 15) is 17.6 Å². The van der Waals surface area contributed by atoms with Gasteiger partial charge in [-0.1, -0.05) is 60.7 Å². The van der Waals surface area contributed by atoms with Crippen molar-refractivity contribution in [1.29, 1.82) is 0 Å². The van der Waals surface area contributed by atoms with Crippen LogP contribution >= 0.6 is 11.7 Å². The van der Waals surface area contributed by atoms with Gasteiger partial charge < -0.3 is 14.4 Å². The molecule has 8 aromatic rings. The number of rotatable bonds is 9. The van der Waals surface area contributed by atoms with E-state index in [0.717, 1.165) is 28.2 Å². The number of halogens is 4. The topological polar surface area (TPSA) is 86.4 Å². The molecule has 51 heavy (non-hydrogen) atoms. The molecule has 0 fully saturated rings. The van der Waals surface area contributed by atoms with E-state index in [4.69, 9.17) is 14.1 Å². The van der Waals surface area contributed by atoms with Crippen molar-refractivity contribution in [2.75, 3.05) is 19.0 Å². The van der Waals surface area contributed by atoms with Gasteiger partial charge in [-0.05, 0) is 74.4 Å². The third-order valence-electron chi connectivity index (χ3n) is 8.52. The second-order valence-corrected chi connectivity index (χ2v) is 12.2. The minimum absolute atomic E-state index is 0.0123. The van der Waals surface area contributed by atoms with E-state index >= 15 is 0 Å². The molecule has 0 saturated heterocycles. The lowest BCUT2D eigenvalue weighted by Crippen LogP contribution is -2.09. The van der Waals surface area contributed by atoms with Gasteiger partial charge in [-0.3, -0.25) is 0 Å². The number of anilines is 1. The van der Waals surface area contributed by atoms with Gasteiger partial charge in [0.1, 0.15) is 33.6 Å². The van der Waals surface area contributed by atoms with Crippen LogP contribution in [-0.2, 0) is 0 Å². The highest BCUT2D eigenvalue weighted by Crippen LogP contribution is 2.53. The summed E-state index contributed by atoms with van der Waals surface area (Å²) in [6.45, 7) is -6.49. The fourth-order valence-electron chi connectivity index (χ4n) is 6.42. The number of nitrogens with zero attached hydrogens (tertiary/aromatic N) is 5. The second kappa shape index (κ2) is 13.0. The monoisotopic (exact) mass is 706 g/mol. The number of alkyl halides is 4. The maximum Gasteiger partial charge on any atom is 0.387 e. The first kappa shape index (κ1) is 32.1. The molecule has 0 unspecified atom stereocenters. The molecule has 13 heteroatoms. The van der Waals surface area contributed by atoms with Crippen LogP contribution in [0, 0.1) is 6.07 Å². The van der Waals surface area contributed by atoms with Crippen molar-refractivity contribution in [3.05, 3.63) is 103 Å². The van der Waals surface area contributed by atoms with Crippen LogP contribution in [0.4, 0.5) is 23.2 Å². The molecule has 0 spiro atoms. The summed E-state index contributed by atoms with van der Waals surface area (Å²) >= 11 is 1.05. The number of fused-ring (bicyclic) bond motifs is 3. The summed E-state index contributed by atoms with van der Waals surface area (Å²) in [6.07, 6.45) is 0. The summed E-state index contributed by atoms with van der Waals surface area (Å²) < 4.78 is 81.2. The Balaban J connectivity index is 1.59. The molecule has 0 aliphatic rings. The number of ether oxygens (including phenoxy) is 2. The highest BCUT2D eigenvalue weighted by Gasteiger charge is 2.29. The van der Waals surface area contributed by atoms with E-state index in [0.29, 0.717) is 49.9 Å². The first-order chi connectivity index (χ1) is 24.8. The molecule has 0 saturated carbocycles. The Labute approximate surface area is 291 Å². The summed E-state index contributed by atoms with van der Waals surface area (Å²) in [7, 11) is 3.83. The van der Waals surface area contributed by atoms with Gasteiger partial charge >= 0.3 is 13.2 Å². The van der Waals surface area contributed by atoms with Crippen molar-refractivity contribution in [2.45, 2.75) is 13.2 Å². The van der Waals surface area contributed by atoms with E-state index in [1.165, 1.54) is 18.2 Å². The zero-order valence-corrected chi connectivity index (χ0v) is 27.6. The molecule has 2 heterocycles. The molecule has 6 aromatic carbocycles. The summed E-state index contributed by atoms with van der Waals surface area (Å²) in [6, 6.07) is 31.3. The van der Waals surface area contributed by atoms with Crippen molar-refractivity contribution in [3.63, 3.8) is 0 Å². The van der Waals surface area contributed by atoms with E-state index in [-0.39, 0.29) is 28.2 Å². The van der Waals surface area contributed by atoms with E-state index in [1.54, 1.807) is 30.3 Å². The lowest BCUT2D eigenvalue weighted by atomic mass is 9.82. The fraction of sp³-hybridized carbons (Fsp3) is 0.105. The van der Waals surface area contributed by atoms with Crippen LogP contribution in [0.15, 0.2) is 102 Å². The molecule has 8 rings (SSSR count). The molecule has 0 amide bonds. The Bertz CT molecular complexity index is 2570. The molecule has 0 aliphatic heterocycles. The van der Waals surface area contributed by atoms with Crippen LogP contribution in [0.2, 0.25) is 0 Å². The normalized spacial score (nSPS) is 11.7. The van der Waals surface area contributed by atoms with Crippen molar-refractivity contribution >= 4 is 50.3 Å². The van der Waals surface area contributed by atoms with Crippen molar-refractivity contribution in [1.82, 2.24) is 19.1 Å². The Hall–Kier alpha value is -6.08. The van der Waals surface area contributed by atoms with Gasteiger partial charge in [-0.25, -0.2) is 4.63 Å². The zero-order chi connectivity index (χ0) is 35.2. The lowest BCUT2D eigenvalue weighted by Gasteiger charge is -2.25.